The van der Waals surface area contributed by atoms with E-state index in [0.717, 1.165) is 29.7 Å². The first-order valence-corrected chi connectivity index (χ1v) is 14.2. The van der Waals surface area contributed by atoms with Crippen LogP contribution in [0.3, 0.4) is 0 Å². The number of fused-ring (bicyclic) bond motifs is 1. The predicted octanol–water partition coefficient (Wildman–Crippen LogP) is 4.24. The van der Waals surface area contributed by atoms with E-state index in [-0.39, 0.29) is 28.9 Å². The van der Waals surface area contributed by atoms with Crippen molar-refractivity contribution in [2.24, 2.45) is 5.73 Å². The van der Waals surface area contributed by atoms with Crippen molar-refractivity contribution in [3.8, 4) is 0 Å². The first-order chi connectivity index (χ1) is 16.2. The number of hydrogen-bond acceptors (Lipinski definition) is 6. The van der Waals surface area contributed by atoms with Crippen LogP contribution in [0.15, 0.2) is 29.2 Å². The highest BCUT2D eigenvalue weighted by molar-refractivity contribution is 7.89. The lowest BCUT2D eigenvalue weighted by atomic mass is 9.81. The van der Waals surface area contributed by atoms with E-state index in [4.69, 9.17) is 5.73 Å². The Morgan fingerprint density at radius 1 is 1.14 bits per heavy atom. The Morgan fingerprint density at radius 3 is 2.36 bits per heavy atom. The van der Waals surface area contributed by atoms with Gasteiger partial charge in [0.05, 0.1) is 10.5 Å². The maximum atomic E-state index is 13.1. The highest BCUT2D eigenvalue weighted by Gasteiger charge is 2.41. The Hall–Kier alpha value is -1.98. The van der Waals surface area contributed by atoms with Crippen molar-refractivity contribution in [2.45, 2.75) is 82.3 Å². The second kappa shape index (κ2) is 10.1. The molecule has 1 aromatic carbocycles. The number of nitrogens with two attached hydrogens (primary N) is 1. The Morgan fingerprint density at radius 2 is 1.78 bits per heavy atom. The average Bonchev–Trinajstić information content (AvgIpc) is 3.11. The summed E-state index contributed by atoms with van der Waals surface area (Å²) >= 11 is 1.35. The van der Waals surface area contributed by atoms with Gasteiger partial charge in [-0.3, -0.25) is 9.59 Å². The van der Waals surface area contributed by atoms with E-state index in [9.17, 15) is 18.0 Å². The number of halogens is 1. The lowest BCUT2D eigenvalue weighted by Gasteiger charge is -2.42. The second-order valence-corrected chi connectivity index (χ2v) is 13.6. The van der Waals surface area contributed by atoms with Crippen molar-refractivity contribution in [3.05, 3.63) is 45.8 Å². The molecule has 0 spiro atoms. The third kappa shape index (κ3) is 5.33. The van der Waals surface area contributed by atoms with Crippen molar-refractivity contribution in [2.75, 3.05) is 11.9 Å². The summed E-state index contributed by atoms with van der Waals surface area (Å²) in [5.41, 5.74) is 6.63. The van der Waals surface area contributed by atoms with Crippen LogP contribution in [0.4, 0.5) is 5.00 Å². The minimum atomic E-state index is -3.62. The summed E-state index contributed by atoms with van der Waals surface area (Å²) in [7, 11) is -3.62. The van der Waals surface area contributed by atoms with Crippen molar-refractivity contribution in [1.82, 2.24) is 9.62 Å². The number of rotatable bonds is 5. The van der Waals surface area contributed by atoms with E-state index in [0.29, 0.717) is 29.1 Å². The fourth-order valence-electron chi connectivity index (χ4n) is 5.39. The van der Waals surface area contributed by atoms with Gasteiger partial charge in [0.25, 0.3) is 11.8 Å². The average molecular weight is 555 g/mol. The standard InChI is InChI=1S/C25H34N4O4S2.ClH/c1-15-8-6-7-13-29(15)35(32,33)17-11-9-16(10-12-17)22(31)27-23-19(21(26)30)18-14-24(2,3)28-25(4,5)20(18)34-23;/h9-12,15,28H,6-8,13-14H2,1-5H3,(H2,26,30)(H,27,31);1H. The number of nitrogens with one attached hydrogen (secondary N) is 2. The summed E-state index contributed by atoms with van der Waals surface area (Å²) in [6.07, 6.45) is 3.32. The van der Waals surface area contributed by atoms with Gasteiger partial charge in [0, 0.05) is 34.1 Å². The van der Waals surface area contributed by atoms with E-state index < -0.39 is 27.4 Å². The number of carbonyl (C=O) groups excluding carboxylic acids is 2. The molecule has 1 saturated heterocycles. The first-order valence-electron chi connectivity index (χ1n) is 11.9. The third-order valence-corrected chi connectivity index (χ3v) is 10.3. The molecule has 1 unspecified atom stereocenters. The quantitative estimate of drug-likeness (QED) is 0.510. The van der Waals surface area contributed by atoms with Crippen LogP contribution in [0, 0.1) is 0 Å². The Labute approximate surface area is 223 Å². The molecular formula is C25H35ClN4O4S2. The van der Waals surface area contributed by atoms with Crippen LogP contribution in [0.5, 0.6) is 0 Å². The number of primary amides is 1. The number of benzene rings is 1. The molecule has 2 aromatic rings. The van der Waals surface area contributed by atoms with Gasteiger partial charge < -0.3 is 16.4 Å². The number of amides is 2. The molecule has 3 heterocycles. The minimum Gasteiger partial charge on any atom is -0.365 e. The molecule has 1 aromatic heterocycles. The normalized spacial score (nSPS) is 21.2. The number of sulfonamides is 1. The number of carbonyl (C=O) groups is 2. The van der Waals surface area contributed by atoms with Crippen LogP contribution in [-0.4, -0.2) is 42.7 Å². The van der Waals surface area contributed by atoms with Crippen molar-refractivity contribution in [3.63, 3.8) is 0 Å². The fraction of sp³-hybridized carbons (Fsp3) is 0.520. The number of anilines is 1. The first kappa shape index (κ1) is 28.6. The molecule has 2 aliphatic heterocycles. The molecule has 8 nitrogen and oxygen atoms in total. The summed E-state index contributed by atoms with van der Waals surface area (Å²) in [6.45, 7) is 10.7. The van der Waals surface area contributed by atoms with Gasteiger partial charge in [-0.2, -0.15) is 4.31 Å². The minimum absolute atomic E-state index is 0. The van der Waals surface area contributed by atoms with Crippen LogP contribution in [0.2, 0.25) is 0 Å². The number of thiophene rings is 1. The molecule has 11 heteroatoms. The van der Waals surface area contributed by atoms with Gasteiger partial charge in [-0.05, 0) is 83.7 Å². The van der Waals surface area contributed by atoms with E-state index in [1.165, 1.54) is 39.9 Å². The number of hydrogen-bond donors (Lipinski definition) is 3. The lowest BCUT2D eigenvalue weighted by molar-refractivity contribution is 0.0999. The van der Waals surface area contributed by atoms with Crippen molar-refractivity contribution in [1.29, 1.82) is 0 Å². The van der Waals surface area contributed by atoms with Crippen molar-refractivity contribution < 1.29 is 18.0 Å². The van der Waals surface area contributed by atoms with E-state index in [2.05, 4.69) is 24.5 Å². The fourth-order valence-corrected chi connectivity index (χ4v) is 8.37. The Bertz CT molecular complexity index is 1270. The van der Waals surface area contributed by atoms with Gasteiger partial charge in [0.15, 0.2) is 0 Å². The summed E-state index contributed by atoms with van der Waals surface area (Å²) in [4.78, 5) is 26.6. The zero-order chi connectivity index (χ0) is 25.8. The van der Waals surface area contributed by atoms with Crippen LogP contribution >= 0.6 is 23.7 Å². The maximum absolute atomic E-state index is 13.1. The monoisotopic (exact) mass is 554 g/mol. The van der Waals surface area contributed by atoms with Gasteiger partial charge in [-0.25, -0.2) is 8.42 Å². The summed E-state index contributed by atoms with van der Waals surface area (Å²) in [5, 5.41) is 6.85. The molecule has 2 aliphatic rings. The molecule has 1 atom stereocenters. The van der Waals surface area contributed by atoms with Gasteiger partial charge >= 0.3 is 0 Å². The molecule has 0 radical (unpaired) electrons. The molecule has 1 fully saturated rings. The van der Waals surface area contributed by atoms with E-state index in [1.54, 1.807) is 0 Å². The summed E-state index contributed by atoms with van der Waals surface area (Å²) < 4.78 is 27.7. The predicted molar refractivity (Wildman–Crippen MR) is 146 cm³/mol. The zero-order valence-corrected chi connectivity index (χ0v) is 23.8. The molecule has 0 bridgehead atoms. The topological polar surface area (TPSA) is 122 Å². The van der Waals surface area contributed by atoms with Gasteiger partial charge in [0.2, 0.25) is 10.0 Å². The number of piperidine rings is 1. The highest BCUT2D eigenvalue weighted by Crippen LogP contribution is 2.45. The smallest absolute Gasteiger partial charge is 0.256 e. The Kier molecular flexibility index (Phi) is 7.99. The Balaban J connectivity index is 0.00000361. The molecule has 36 heavy (non-hydrogen) atoms. The molecule has 4 rings (SSSR count). The zero-order valence-electron chi connectivity index (χ0n) is 21.3. The number of nitrogens with zero attached hydrogens (tertiary/aromatic N) is 1. The van der Waals surface area contributed by atoms with Crippen LogP contribution in [0.1, 0.15) is 85.0 Å². The van der Waals surface area contributed by atoms with Crippen molar-refractivity contribution >= 4 is 50.6 Å². The second-order valence-electron chi connectivity index (χ2n) is 10.7. The van der Waals surface area contributed by atoms with Crippen LogP contribution in [-0.2, 0) is 22.0 Å². The SMILES string of the molecule is CC1CCCCN1S(=O)(=O)c1ccc(C(=O)Nc2sc3c(c2C(N)=O)CC(C)(C)NC3(C)C)cc1.Cl. The van der Waals surface area contributed by atoms with Crippen LogP contribution in [0.25, 0.3) is 0 Å². The highest BCUT2D eigenvalue weighted by atomic mass is 35.5. The van der Waals surface area contributed by atoms with Gasteiger partial charge in [-0.15, -0.1) is 23.7 Å². The lowest BCUT2D eigenvalue weighted by Crippen LogP contribution is -2.55. The largest absolute Gasteiger partial charge is 0.365 e. The molecular weight excluding hydrogens is 520 g/mol. The molecule has 2 amide bonds. The van der Waals surface area contributed by atoms with Crippen LogP contribution < -0.4 is 16.4 Å². The molecule has 4 N–H and O–H groups in total. The van der Waals surface area contributed by atoms with Gasteiger partial charge in [-0.1, -0.05) is 6.42 Å². The molecule has 0 aliphatic carbocycles. The molecule has 0 saturated carbocycles. The third-order valence-electron chi connectivity index (χ3n) is 6.78. The summed E-state index contributed by atoms with van der Waals surface area (Å²) in [5.74, 6) is -1.00. The summed E-state index contributed by atoms with van der Waals surface area (Å²) in [6, 6.07) is 5.90. The van der Waals surface area contributed by atoms with Gasteiger partial charge in [0.1, 0.15) is 5.00 Å². The molecule has 198 valence electrons. The van der Waals surface area contributed by atoms with E-state index in [1.807, 2.05) is 20.8 Å². The van der Waals surface area contributed by atoms with E-state index >= 15 is 0 Å². The maximum Gasteiger partial charge on any atom is 0.256 e.